The number of nitrogens with one attached hydrogen (secondary N) is 2. The van der Waals surface area contributed by atoms with Gasteiger partial charge < -0.3 is 15.7 Å². The average Bonchev–Trinajstić information content (AvgIpc) is 2.61. The fourth-order valence-electron chi connectivity index (χ4n) is 2.43. The van der Waals surface area contributed by atoms with Crippen molar-refractivity contribution in [3.8, 4) is 6.07 Å². The van der Waals surface area contributed by atoms with Crippen LogP contribution in [0.5, 0.6) is 0 Å². The first-order valence-corrected chi connectivity index (χ1v) is 7.92. The molecule has 1 atom stereocenters. The maximum atomic E-state index is 12.2. The van der Waals surface area contributed by atoms with E-state index in [1.54, 1.807) is 12.1 Å². The third kappa shape index (κ3) is 5.41. The molecule has 1 unspecified atom stereocenters. The monoisotopic (exact) mass is 323 g/mol. The molecule has 0 fully saturated rings. The van der Waals surface area contributed by atoms with Crippen molar-refractivity contribution in [3.63, 3.8) is 0 Å². The summed E-state index contributed by atoms with van der Waals surface area (Å²) < 4.78 is 0. The first-order valence-electron chi connectivity index (χ1n) is 7.92. The summed E-state index contributed by atoms with van der Waals surface area (Å²) in [5.41, 5.74) is 2.59. The predicted octanol–water partition coefficient (Wildman–Crippen LogP) is 3.39. The van der Waals surface area contributed by atoms with Crippen molar-refractivity contribution in [1.29, 1.82) is 5.26 Å². The van der Waals surface area contributed by atoms with E-state index in [0.717, 1.165) is 11.1 Å². The molecule has 2 amide bonds. The average molecular weight is 323 g/mol. The number of anilines is 1. The quantitative estimate of drug-likeness (QED) is 0.730. The smallest absolute Gasteiger partial charge is 0.319 e. The van der Waals surface area contributed by atoms with Crippen LogP contribution >= 0.6 is 0 Å². The van der Waals surface area contributed by atoms with Crippen LogP contribution in [0.25, 0.3) is 0 Å². The number of carbonyl (C=O) groups excluding carboxylic acids is 1. The summed E-state index contributed by atoms with van der Waals surface area (Å²) in [5.74, 6) is 0. The molecular weight excluding hydrogens is 302 g/mol. The Bertz CT molecular complexity index is 678. The highest BCUT2D eigenvalue weighted by Crippen LogP contribution is 2.18. The van der Waals surface area contributed by atoms with Gasteiger partial charge in [-0.05, 0) is 36.1 Å². The van der Waals surface area contributed by atoms with Gasteiger partial charge in [0, 0.05) is 12.3 Å². The summed E-state index contributed by atoms with van der Waals surface area (Å²) in [7, 11) is 0. The number of carbonyl (C=O) groups is 1. The molecule has 0 aliphatic carbocycles. The number of aliphatic hydroxyl groups excluding tert-OH is 1. The molecule has 0 heterocycles. The second-order valence-electron chi connectivity index (χ2n) is 5.46. The number of hydrogen-bond acceptors (Lipinski definition) is 3. The highest BCUT2D eigenvalue weighted by molar-refractivity contribution is 5.89. The van der Waals surface area contributed by atoms with Gasteiger partial charge in [0.1, 0.15) is 0 Å². The van der Waals surface area contributed by atoms with Crippen LogP contribution in [0, 0.1) is 11.3 Å². The van der Waals surface area contributed by atoms with E-state index in [-0.39, 0.29) is 18.7 Å². The minimum atomic E-state index is -0.296. The summed E-state index contributed by atoms with van der Waals surface area (Å²) >= 11 is 0. The number of nitriles is 1. The van der Waals surface area contributed by atoms with E-state index in [4.69, 9.17) is 10.4 Å². The Labute approximate surface area is 141 Å². The van der Waals surface area contributed by atoms with Gasteiger partial charge in [-0.25, -0.2) is 4.79 Å². The molecule has 2 aromatic rings. The minimum Gasteiger partial charge on any atom is -0.396 e. The Morgan fingerprint density at radius 3 is 2.46 bits per heavy atom. The SMILES string of the molecule is N#CCc1ccc(NC(=O)NC(CCCO)c2ccccc2)cc1. The van der Waals surface area contributed by atoms with Crippen LogP contribution in [0.4, 0.5) is 10.5 Å². The van der Waals surface area contributed by atoms with Gasteiger partial charge in [-0.15, -0.1) is 0 Å². The molecule has 0 aromatic heterocycles. The summed E-state index contributed by atoms with van der Waals surface area (Å²) in [5, 5.41) is 23.5. The molecule has 0 radical (unpaired) electrons. The zero-order chi connectivity index (χ0) is 17.2. The highest BCUT2D eigenvalue weighted by Gasteiger charge is 2.14. The van der Waals surface area contributed by atoms with E-state index in [2.05, 4.69) is 16.7 Å². The van der Waals surface area contributed by atoms with Crippen LogP contribution in [0.3, 0.4) is 0 Å². The number of aliphatic hydroxyl groups is 1. The maximum Gasteiger partial charge on any atom is 0.319 e. The first-order chi connectivity index (χ1) is 11.7. The Hall–Kier alpha value is -2.84. The number of urea groups is 1. The lowest BCUT2D eigenvalue weighted by Crippen LogP contribution is -2.32. The number of rotatable bonds is 7. The fourth-order valence-corrected chi connectivity index (χ4v) is 2.43. The van der Waals surface area contributed by atoms with E-state index in [9.17, 15) is 4.79 Å². The molecule has 124 valence electrons. The molecule has 0 bridgehead atoms. The van der Waals surface area contributed by atoms with Gasteiger partial charge in [0.05, 0.1) is 18.5 Å². The second-order valence-corrected chi connectivity index (χ2v) is 5.46. The van der Waals surface area contributed by atoms with Crippen molar-refractivity contribution in [2.24, 2.45) is 0 Å². The summed E-state index contributed by atoms with van der Waals surface area (Å²) in [6.07, 6.45) is 1.63. The van der Waals surface area contributed by atoms with E-state index >= 15 is 0 Å². The Kier molecular flexibility index (Phi) is 6.81. The second kappa shape index (κ2) is 9.33. The van der Waals surface area contributed by atoms with Crippen LogP contribution in [0.1, 0.15) is 30.0 Å². The van der Waals surface area contributed by atoms with Gasteiger partial charge in [-0.1, -0.05) is 42.5 Å². The van der Waals surface area contributed by atoms with E-state index in [1.165, 1.54) is 0 Å². The molecule has 0 aliphatic heterocycles. The van der Waals surface area contributed by atoms with E-state index in [0.29, 0.717) is 24.9 Å². The molecule has 5 nitrogen and oxygen atoms in total. The molecular formula is C19H21N3O2. The predicted molar refractivity (Wildman–Crippen MR) is 93.4 cm³/mol. The Morgan fingerprint density at radius 2 is 1.83 bits per heavy atom. The van der Waals surface area contributed by atoms with E-state index in [1.807, 2.05) is 42.5 Å². The van der Waals surface area contributed by atoms with Crippen LogP contribution in [0.15, 0.2) is 54.6 Å². The van der Waals surface area contributed by atoms with Crippen LogP contribution in [-0.4, -0.2) is 17.7 Å². The normalized spacial score (nSPS) is 11.3. The standard InChI is InChI=1S/C19H21N3O2/c20-13-12-15-8-10-17(11-9-15)21-19(24)22-18(7-4-14-23)16-5-2-1-3-6-16/h1-3,5-6,8-11,18,23H,4,7,12,14H2,(H2,21,22,24). The van der Waals surface area contributed by atoms with Crippen molar-refractivity contribution >= 4 is 11.7 Å². The van der Waals surface area contributed by atoms with Crippen molar-refractivity contribution in [2.75, 3.05) is 11.9 Å². The summed E-state index contributed by atoms with van der Waals surface area (Å²) in [6, 6.07) is 18.5. The van der Waals surface area contributed by atoms with Crippen LogP contribution in [0.2, 0.25) is 0 Å². The lowest BCUT2D eigenvalue weighted by atomic mass is 10.0. The largest absolute Gasteiger partial charge is 0.396 e. The number of benzene rings is 2. The van der Waals surface area contributed by atoms with Crippen molar-refractivity contribution in [2.45, 2.75) is 25.3 Å². The lowest BCUT2D eigenvalue weighted by Gasteiger charge is -2.19. The van der Waals surface area contributed by atoms with Crippen LogP contribution < -0.4 is 10.6 Å². The molecule has 0 saturated carbocycles. The van der Waals surface area contributed by atoms with Gasteiger partial charge in [0.2, 0.25) is 0 Å². The molecule has 0 spiro atoms. The molecule has 5 heteroatoms. The summed E-state index contributed by atoms with van der Waals surface area (Å²) in [4.78, 5) is 12.2. The lowest BCUT2D eigenvalue weighted by molar-refractivity contribution is 0.244. The first kappa shape index (κ1) is 17.5. The Balaban J connectivity index is 1.98. The molecule has 3 N–H and O–H groups in total. The van der Waals surface area contributed by atoms with Gasteiger partial charge in [0.15, 0.2) is 0 Å². The minimum absolute atomic E-state index is 0.0903. The van der Waals surface area contributed by atoms with E-state index < -0.39 is 0 Å². The van der Waals surface area contributed by atoms with Crippen LogP contribution in [-0.2, 0) is 6.42 Å². The zero-order valence-corrected chi connectivity index (χ0v) is 13.4. The van der Waals surface area contributed by atoms with Gasteiger partial charge in [0.25, 0.3) is 0 Å². The van der Waals surface area contributed by atoms with Gasteiger partial charge >= 0.3 is 6.03 Å². The highest BCUT2D eigenvalue weighted by atomic mass is 16.3. The number of amides is 2. The third-order valence-corrected chi connectivity index (χ3v) is 3.65. The molecule has 0 saturated heterocycles. The van der Waals surface area contributed by atoms with Crippen molar-refractivity contribution in [3.05, 3.63) is 65.7 Å². The van der Waals surface area contributed by atoms with Crippen molar-refractivity contribution in [1.82, 2.24) is 5.32 Å². The maximum absolute atomic E-state index is 12.2. The van der Waals surface area contributed by atoms with Gasteiger partial charge in [-0.2, -0.15) is 5.26 Å². The summed E-state index contributed by atoms with van der Waals surface area (Å²) in [6.45, 7) is 0.0903. The fraction of sp³-hybridized carbons (Fsp3) is 0.263. The zero-order valence-electron chi connectivity index (χ0n) is 13.4. The number of nitrogens with zero attached hydrogens (tertiary/aromatic N) is 1. The Morgan fingerprint density at radius 1 is 1.12 bits per heavy atom. The van der Waals surface area contributed by atoms with Crippen molar-refractivity contribution < 1.29 is 9.90 Å². The number of hydrogen-bond donors (Lipinski definition) is 3. The molecule has 24 heavy (non-hydrogen) atoms. The van der Waals surface area contributed by atoms with Gasteiger partial charge in [-0.3, -0.25) is 0 Å². The topological polar surface area (TPSA) is 85.2 Å². The molecule has 0 aliphatic rings. The molecule has 2 rings (SSSR count). The molecule has 2 aromatic carbocycles. The third-order valence-electron chi connectivity index (χ3n) is 3.65.